The summed E-state index contributed by atoms with van der Waals surface area (Å²) in [5.74, 6) is 0. The third kappa shape index (κ3) is 3.18. The van der Waals surface area contributed by atoms with Crippen LogP contribution in [0.2, 0.25) is 0 Å². The van der Waals surface area contributed by atoms with Crippen molar-refractivity contribution >= 4 is 27.3 Å². The summed E-state index contributed by atoms with van der Waals surface area (Å²) >= 11 is 5.40. The smallest absolute Gasteiger partial charge is 0.0366 e. The topological polar surface area (TPSA) is 12.0 Å². The van der Waals surface area contributed by atoms with Gasteiger partial charge in [-0.15, -0.1) is 11.3 Å². The molecule has 1 N–H and O–H groups in total. The summed E-state index contributed by atoms with van der Waals surface area (Å²) in [6.07, 6.45) is 1.03. The van der Waals surface area contributed by atoms with Gasteiger partial charge in [0.2, 0.25) is 0 Å². The highest BCUT2D eigenvalue weighted by molar-refractivity contribution is 9.10. The fourth-order valence-corrected chi connectivity index (χ4v) is 3.49. The monoisotopic (exact) mass is 309 g/mol. The predicted octanol–water partition coefficient (Wildman–Crippen LogP) is 4.32. The van der Waals surface area contributed by atoms with Gasteiger partial charge in [-0.2, -0.15) is 0 Å². The maximum Gasteiger partial charge on any atom is 0.0366 e. The molecule has 0 aliphatic rings. The minimum Gasteiger partial charge on any atom is -0.313 e. The van der Waals surface area contributed by atoms with Crippen LogP contribution in [0.4, 0.5) is 0 Å². The Kier molecular flexibility index (Phi) is 4.37. The minimum atomic E-state index is 0.379. The van der Waals surface area contributed by atoms with E-state index in [-0.39, 0.29) is 0 Å². The lowest BCUT2D eigenvalue weighted by Gasteiger charge is -2.16. The van der Waals surface area contributed by atoms with E-state index in [2.05, 4.69) is 63.9 Å². The molecule has 0 fully saturated rings. The summed E-state index contributed by atoms with van der Waals surface area (Å²) in [6, 6.07) is 11.2. The first-order valence-electron chi connectivity index (χ1n) is 5.66. The first kappa shape index (κ1) is 12.8. The first-order valence-corrected chi connectivity index (χ1v) is 7.33. The van der Waals surface area contributed by atoms with Crippen molar-refractivity contribution in [2.75, 3.05) is 7.05 Å². The van der Waals surface area contributed by atoms with E-state index in [4.69, 9.17) is 0 Å². The van der Waals surface area contributed by atoms with Gasteiger partial charge < -0.3 is 5.32 Å². The number of aryl methyl sites for hydroxylation is 1. The van der Waals surface area contributed by atoms with Gasteiger partial charge in [0.1, 0.15) is 0 Å². The molecule has 1 atom stereocenters. The molecule has 2 rings (SSSR count). The fraction of sp³-hybridized carbons (Fsp3) is 0.286. The third-order valence-corrected chi connectivity index (χ3v) is 4.82. The lowest BCUT2D eigenvalue weighted by Crippen LogP contribution is -2.18. The molecule has 1 aromatic carbocycles. The van der Waals surface area contributed by atoms with Crippen molar-refractivity contribution in [3.8, 4) is 0 Å². The van der Waals surface area contributed by atoms with E-state index < -0.39 is 0 Å². The largest absolute Gasteiger partial charge is 0.313 e. The zero-order valence-electron chi connectivity index (χ0n) is 10.0. The van der Waals surface area contributed by atoms with E-state index in [9.17, 15) is 0 Å². The van der Waals surface area contributed by atoms with Crippen LogP contribution in [-0.2, 0) is 6.42 Å². The summed E-state index contributed by atoms with van der Waals surface area (Å²) in [7, 11) is 2.02. The van der Waals surface area contributed by atoms with Gasteiger partial charge in [-0.25, -0.2) is 0 Å². The van der Waals surface area contributed by atoms with Crippen molar-refractivity contribution in [1.29, 1.82) is 0 Å². The Bertz CT molecular complexity index is 492. The molecule has 0 spiro atoms. The number of rotatable bonds is 4. The van der Waals surface area contributed by atoms with E-state index in [1.165, 1.54) is 20.5 Å². The second kappa shape index (κ2) is 5.80. The van der Waals surface area contributed by atoms with E-state index >= 15 is 0 Å². The highest BCUT2D eigenvalue weighted by atomic mass is 79.9. The van der Waals surface area contributed by atoms with Gasteiger partial charge in [0.25, 0.3) is 0 Å². The Morgan fingerprint density at radius 1 is 1.35 bits per heavy atom. The van der Waals surface area contributed by atoms with Crippen LogP contribution in [0.25, 0.3) is 0 Å². The van der Waals surface area contributed by atoms with Gasteiger partial charge in [-0.3, -0.25) is 0 Å². The number of halogens is 1. The molecule has 0 aliphatic heterocycles. The van der Waals surface area contributed by atoms with Crippen LogP contribution in [0, 0.1) is 6.92 Å². The number of likely N-dealkylation sites (N-methyl/N-ethyl adjacent to an activating group) is 1. The third-order valence-electron chi connectivity index (χ3n) is 2.87. The van der Waals surface area contributed by atoms with Crippen molar-refractivity contribution in [1.82, 2.24) is 5.32 Å². The molecule has 0 radical (unpaired) electrons. The van der Waals surface area contributed by atoms with E-state index in [1.54, 1.807) is 11.3 Å². The quantitative estimate of drug-likeness (QED) is 0.886. The zero-order chi connectivity index (χ0) is 12.3. The van der Waals surface area contributed by atoms with E-state index in [0.29, 0.717) is 6.04 Å². The number of benzene rings is 1. The molecular formula is C14H16BrNS. The Balaban J connectivity index is 2.20. The second-order valence-corrected chi connectivity index (χ2v) is 6.01. The average Bonchev–Trinajstić information content (AvgIpc) is 2.71. The van der Waals surface area contributed by atoms with Crippen LogP contribution >= 0.6 is 27.3 Å². The van der Waals surface area contributed by atoms with E-state index in [0.717, 1.165) is 6.42 Å². The molecule has 2 aromatic rings. The molecule has 1 unspecified atom stereocenters. The SMILES string of the molecule is CNC(Cc1sccc1Br)c1cccc(C)c1. The van der Waals surface area contributed by atoms with Crippen LogP contribution in [0.3, 0.4) is 0 Å². The zero-order valence-corrected chi connectivity index (χ0v) is 12.4. The highest BCUT2D eigenvalue weighted by Gasteiger charge is 2.12. The van der Waals surface area contributed by atoms with Gasteiger partial charge in [0.05, 0.1) is 0 Å². The maximum atomic E-state index is 3.59. The van der Waals surface area contributed by atoms with Crippen LogP contribution in [0.15, 0.2) is 40.2 Å². The Labute approximate surface area is 115 Å². The van der Waals surface area contributed by atoms with E-state index in [1.807, 2.05) is 7.05 Å². The average molecular weight is 310 g/mol. The molecule has 0 saturated carbocycles. The summed E-state index contributed by atoms with van der Waals surface area (Å²) < 4.78 is 1.22. The predicted molar refractivity (Wildman–Crippen MR) is 78.7 cm³/mol. The lowest BCUT2D eigenvalue weighted by atomic mass is 10.0. The Morgan fingerprint density at radius 3 is 2.76 bits per heavy atom. The number of hydrogen-bond acceptors (Lipinski definition) is 2. The van der Waals surface area contributed by atoms with Gasteiger partial charge in [-0.1, -0.05) is 29.8 Å². The number of thiophene rings is 1. The molecular weight excluding hydrogens is 294 g/mol. The summed E-state index contributed by atoms with van der Waals surface area (Å²) in [5.41, 5.74) is 2.67. The lowest BCUT2D eigenvalue weighted by molar-refractivity contribution is 0.595. The van der Waals surface area contributed by atoms with Crippen LogP contribution in [-0.4, -0.2) is 7.05 Å². The van der Waals surface area contributed by atoms with Crippen LogP contribution in [0.5, 0.6) is 0 Å². The molecule has 90 valence electrons. The molecule has 17 heavy (non-hydrogen) atoms. The first-order chi connectivity index (χ1) is 8.20. The summed E-state index contributed by atoms with van der Waals surface area (Å²) in [6.45, 7) is 2.14. The Morgan fingerprint density at radius 2 is 2.18 bits per heavy atom. The molecule has 3 heteroatoms. The van der Waals surface area contributed by atoms with Crippen molar-refractivity contribution in [3.05, 3.63) is 56.2 Å². The van der Waals surface area contributed by atoms with Gasteiger partial charge in [0, 0.05) is 21.8 Å². The van der Waals surface area contributed by atoms with Crippen molar-refractivity contribution in [2.24, 2.45) is 0 Å². The minimum absolute atomic E-state index is 0.379. The normalized spacial score (nSPS) is 12.6. The Hall–Kier alpha value is -0.640. The second-order valence-electron chi connectivity index (χ2n) is 4.15. The molecule has 1 heterocycles. The highest BCUT2D eigenvalue weighted by Crippen LogP contribution is 2.28. The summed E-state index contributed by atoms with van der Waals surface area (Å²) in [4.78, 5) is 1.39. The maximum absolute atomic E-state index is 3.59. The van der Waals surface area contributed by atoms with Gasteiger partial charge in [-0.05, 0) is 46.9 Å². The van der Waals surface area contributed by atoms with Crippen LogP contribution < -0.4 is 5.32 Å². The molecule has 1 aromatic heterocycles. The summed E-state index contributed by atoms with van der Waals surface area (Å²) in [5, 5.41) is 5.52. The molecule has 0 bridgehead atoms. The molecule has 0 amide bonds. The molecule has 0 saturated heterocycles. The fourth-order valence-electron chi connectivity index (χ4n) is 1.93. The molecule has 1 nitrogen and oxygen atoms in total. The number of hydrogen-bond donors (Lipinski definition) is 1. The number of nitrogens with one attached hydrogen (secondary N) is 1. The standard InChI is InChI=1S/C14H16BrNS/c1-10-4-3-5-11(8-10)13(16-2)9-14-12(15)6-7-17-14/h3-8,13,16H,9H2,1-2H3. The van der Waals surface area contributed by atoms with Gasteiger partial charge in [0.15, 0.2) is 0 Å². The van der Waals surface area contributed by atoms with Crippen molar-refractivity contribution in [3.63, 3.8) is 0 Å². The van der Waals surface area contributed by atoms with Crippen molar-refractivity contribution in [2.45, 2.75) is 19.4 Å². The van der Waals surface area contributed by atoms with Crippen LogP contribution in [0.1, 0.15) is 22.0 Å². The van der Waals surface area contributed by atoms with Crippen molar-refractivity contribution < 1.29 is 0 Å². The van der Waals surface area contributed by atoms with Gasteiger partial charge >= 0.3 is 0 Å². The molecule has 0 aliphatic carbocycles.